The van der Waals surface area contributed by atoms with Crippen LogP contribution in [0.4, 0.5) is 0 Å². The van der Waals surface area contributed by atoms with Crippen molar-refractivity contribution in [3.8, 4) is 6.07 Å². The lowest BCUT2D eigenvalue weighted by atomic mass is 10.3. The average Bonchev–Trinajstić information content (AvgIpc) is 2.02. The summed E-state index contributed by atoms with van der Waals surface area (Å²) in [5.74, 6) is 0. The van der Waals surface area contributed by atoms with Crippen LogP contribution in [0.1, 0.15) is 27.2 Å². The molecule has 0 fully saturated rings. The van der Waals surface area contributed by atoms with Gasteiger partial charge in [0.05, 0.1) is 18.5 Å². The Morgan fingerprint density at radius 3 is 2.62 bits per heavy atom. The van der Waals surface area contributed by atoms with E-state index < -0.39 is 5.66 Å². The number of isocyanates is 1. The molecule has 0 bridgehead atoms. The molecule has 0 N–H and O–H groups in total. The van der Waals surface area contributed by atoms with E-state index in [1.54, 1.807) is 20.8 Å². The molecular weight excluding hydrogens is 168 g/mol. The third-order valence-electron chi connectivity index (χ3n) is 1.21. The second-order valence-electron chi connectivity index (χ2n) is 3.12. The molecule has 5 nitrogen and oxygen atoms in total. The first-order valence-corrected chi connectivity index (χ1v) is 3.90. The summed E-state index contributed by atoms with van der Waals surface area (Å²) in [7, 11) is 0. The zero-order chi connectivity index (χ0) is 10.3. The lowest BCUT2D eigenvalue weighted by Gasteiger charge is -2.09. The Balaban J connectivity index is 4.26. The molecule has 70 valence electrons. The molecule has 0 rings (SSSR count). The minimum atomic E-state index is -0.870. The van der Waals surface area contributed by atoms with Crippen molar-refractivity contribution in [3.63, 3.8) is 0 Å². The normalized spacial score (nSPS) is 13.4. The Hall–Kier alpha value is -1.53. The van der Waals surface area contributed by atoms with Crippen molar-refractivity contribution in [2.45, 2.75) is 38.9 Å². The van der Waals surface area contributed by atoms with Crippen LogP contribution in [0.5, 0.6) is 0 Å². The molecule has 5 heteroatoms. The molecule has 0 aromatic rings. The van der Waals surface area contributed by atoms with Gasteiger partial charge < -0.3 is 0 Å². The topological polar surface area (TPSA) is 77.9 Å². The van der Waals surface area contributed by atoms with E-state index in [-0.39, 0.29) is 6.04 Å². The van der Waals surface area contributed by atoms with Crippen LogP contribution in [0.15, 0.2) is 15.2 Å². The van der Waals surface area contributed by atoms with Crippen LogP contribution in [0.2, 0.25) is 0 Å². The molecule has 0 amide bonds. The number of nitriles is 1. The van der Waals surface area contributed by atoms with E-state index in [2.05, 4.69) is 15.2 Å². The number of aliphatic imine (C=N–C) groups is 1. The third kappa shape index (κ3) is 5.71. The minimum Gasteiger partial charge on any atom is -0.211 e. The maximum Gasteiger partial charge on any atom is 0.237 e. The Bertz CT molecular complexity index is 270. The Labute approximate surface area is 77.2 Å². The Morgan fingerprint density at radius 1 is 1.54 bits per heavy atom. The zero-order valence-corrected chi connectivity index (χ0v) is 7.98. The van der Waals surface area contributed by atoms with Gasteiger partial charge >= 0.3 is 0 Å². The molecule has 0 aromatic heterocycles. The first-order valence-electron chi connectivity index (χ1n) is 3.90. The summed E-state index contributed by atoms with van der Waals surface area (Å²) in [6.07, 6.45) is 1.73. The van der Waals surface area contributed by atoms with E-state index in [0.29, 0.717) is 6.42 Å². The molecular formula is C8H12N4O. The van der Waals surface area contributed by atoms with Gasteiger partial charge in [-0.3, -0.25) is 0 Å². The smallest absolute Gasteiger partial charge is 0.211 e. The second-order valence-corrected chi connectivity index (χ2v) is 3.12. The SMILES string of the molecule is CC(CC#N)N=NC(C)(C)N=C=O. The van der Waals surface area contributed by atoms with E-state index in [1.807, 2.05) is 6.07 Å². The van der Waals surface area contributed by atoms with Crippen LogP contribution in [0, 0.1) is 11.3 Å². The molecule has 1 unspecified atom stereocenters. The van der Waals surface area contributed by atoms with E-state index in [9.17, 15) is 4.79 Å². The number of carbonyl (C=O) groups excluding carboxylic acids is 1. The predicted molar refractivity (Wildman–Crippen MR) is 46.7 cm³/mol. The predicted octanol–water partition coefficient (Wildman–Crippen LogP) is 1.81. The molecule has 0 aliphatic heterocycles. The van der Waals surface area contributed by atoms with Gasteiger partial charge in [-0.1, -0.05) is 0 Å². The van der Waals surface area contributed by atoms with Crippen LogP contribution in [0.3, 0.4) is 0 Å². The Kier molecular flexibility index (Phi) is 4.57. The largest absolute Gasteiger partial charge is 0.237 e. The number of hydrogen-bond donors (Lipinski definition) is 0. The van der Waals surface area contributed by atoms with Gasteiger partial charge in [-0.2, -0.15) is 20.5 Å². The molecule has 0 saturated carbocycles. The first-order chi connectivity index (χ1) is 6.02. The van der Waals surface area contributed by atoms with Crippen molar-refractivity contribution >= 4 is 6.08 Å². The van der Waals surface area contributed by atoms with Gasteiger partial charge in [0.2, 0.25) is 6.08 Å². The van der Waals surface area contributed by atoms with Crippen molar-refractivity contribution in [2.75, 3.05) is 0 Å². The lowest BCUT2D eigenvalue weighted by Crippen LogP contribution is -2.12. The third-order valence-corrected chi connectivity index (χ3v) is 1.21. The monoisotopic (exact) mass is 180 g/mol. The minimum absolute atomic E-state index is 0.161. The summed E-state index contributed by atoms with van der Waals surface area (Å²) in [6.45, 7) is 5.05. The summed E-state index contributed by atoms with van der Waals surface area (Å²) < 4.78 is 0. The molecule has 0 heterocycles. The molecule has 0 spiro atoms. The molecule has 0 saturated heterocycles. The number of nitrogens with zero attached hydrogens (tertiary/aromatic N) is 4. The van der Waals surface area contributed by atoms with E-state index in [0.717, 1.165) is 0 Å². The highest BCUT2D eigenvalue weighted by molar-refractivity contribution is 5.34. The highest BCUT2D eigenvalue weighted by Gasteiger charge is 2.14. The standard InChI is InChI=1S/C8H12N4O/c1-7(4-5-9)11-12-8(2,3)10-6-13/h7H,4H2,1-3H3. The van der Waals surface area contributed by atoms with Gasteiger partial charge in [-0.15, -0.1) is 0 Å². The van der Waals surface area contributed by atoms with Crippen molar-refractivity contribution in [1.82, 2.24) is 0 Å². The van der Waals surface area contributed by atoms with Crippen molar-refractivity contribution in [1.29, 1.82) is 5.26 Å². The van der Waals surface area contributed by atoms with E-state index in [1.165, 1.54) is 6.08 Å². The van der Waals surface area contributed by atoms with Gasteiger partial charge in [0.15, 0.2) is 5.66 Å². The lowest BCUT2D eigenvalue weighted by molar-refractivity contribution is 0.484. The number of rotatable bonds is 4. The summed E-state index contributed by atoms with van der Waals surface area (Å²) in [5.41, 5.74) is -0.870. The van der Waals surface area contributed by atoms with Crippen LogP contribution in [0.25, 0.3) is 0 Å². The Morgan fingerprint density at radius 2 is 2.15 bits per heavy atom. The van der Waals surface area contributed by atoms with Gasteiger partial charge in [0, 0.05) is 0 Å². The fourth-order valence-electron chi connectivity index (χ4n) is 0.547. The molecule has 1 atom stereocenters. The average molecular weight is 180 g/mol. The maximum absolute atomic E-state index is 9.95. The van der Waals surface area contributed by atoms with E-state index in [4.69, 9.17) is 5.26 Å². The molecule has 0 radical (unpaired) electrons. The van der Waals surface area contributed by atoms with Crippen LogP contribution in [-0.4, -0.2) is 17.8 Å². The number of azo groups is 1. The molecule has 0 aliphatic carbocycles. The fraction of sp³-hybridized carbons (Fsp3) is 0.750. The van der Waals surface area contributed by atoms with E-state index >= 15 is 0 Å². The van der Waals surface area contributed by atoms with Crippen LogP contribution >= 0.6 is 0 Å². The second kappa shape index (κ2) is 5.18. The van der Waals surface area contributed by atoms with Crippen molar-refractivity contribution in [2.24, 2.45) is 15.2 Å². The maximum atomic E-state index is 9.95. The van der Waals surface area contributed by atoms with Gasteiger partial charge in [-0.25, -0.2) is 4.79 Å². The number of hydrogen-bond acceptors (Lipinski definition) is 5. The molecule has 0 aromatic carbocycles. The van der Waals surface area contributed by atoms with Gasteiger partial charge in [0.1, 0.15) is 0 Å². The summed E-state index contributed by atoms with van der Waals surface area (Å²) >= 11 is 0. The quantitative estimate of drug-likeness (QED) is 0.375. The van der Waals surface area contributed by atoms with Gasteiger partial charge in [-0.05, 0) is 20.8 Å². The van der Waals surface area contributed by atoms with Crippen LogP contribution < -0.4 is 0 Å². The highest BCUT2D eigenvalue weighted by Crippen LogP contribution is 2.11. The molecule has 13 heavy (non-hydrogen) atoms. The summed E-state index contributed by atoms with van der Waals surface area (Å²) in [5, 5.41) is 16.0. The first kappa shape index (κ1) is 11.5. The van der Waals surface area contributed by atoms with Crippen molar-refractivity contribution in [3.05, 3.63) is 0 Å². The van der Waals surface area contributed by atoms with Gasteiger partial charge in [0.25, 0.3) is 0 Å². The highest BCUT2D eigenvalue weighted by atomic mass is 16.1. The molecule has 0 aliphatic rings. The van der Waals surface area contributed by atoms with Crippen molar-refractivity contribution < 1.29 is 4.79 Å². The fourth-order valence-corrected chi connectivity index (χ4v) is 0.547. The zero-order valence-electron chi connectivity index (χ0n) is 7.98. The van der Waals surface area contributed by atoms with Crippen LogP contribution in [-0.2, 0) is 4.79 Å². The summed E-state index contributed by atoms with van der Waals surface area (Å²) in [6, 6.07) is 1.81. The summed E-state index contributed by atoms with van der Waals surface area (Å²) in [4.78, 5) is 13.4.